The highest BCUT2D eigenvalue weighted by atomic mass is 127. The minimum Gasteiger partial charge on any atom is -0.488 e. The Morgan fingerprint density at radius 2 is 2.29 bits per heavy atom. The summed E-state index contributed by atoms with van der Waals surface area (Å²) in [6, 6.07) is 0.582. The molecule has 3 rings (SSSR count). The molecule has 0 amide bonds. The summed E-state index contributed by atoms with van der Waals surface area (Å²) in [6.45, 7) is 5.24. The molecule has 1 saturated carbocycles. The van der Waals surface area contributed by atoms with E-state index in [1.54, 1.807) is 6.92 Å². The molecule has 1 aromatic heterocycles. The second-order valence-corrected chi connectivity index (χ2v) is 7.17. The number of ether oxygens (including phenoxy) is 1. The van der Waals surface area contributed by atoms with Gasteiger partial charge in [-0.25, -0.2) is 4.98 Å². The summed E-state index contributed by atoms with van der Waals surface area (Å²) in [5.41, 5.74) is -1.62. The average Bonchev–Trinajstić information content (AvgIpc) is 2.89. The summed E-state index contributed by atoms with van der Waals surface area (Å²) in [4.78, 5) is 4.17. The number of hydrogen-bond acceptors (Lipinski definition) is 3. The number of nitrogens with zero attached hydrogens (tertiary/aromatic N) is 2. The summed E-state index contributed by atoms with van der Waals surface area (Å²) in [5, 5.41) is 10.3. The van der Waals surface area contributed by atoms with Crippen molar-refractivity contribution in [3.63, 3.8) is 0 Å². The fourth-order valence-electron chi connectivity index (χ4n) is 3.00. The molecule has 2 aromatic rings. The highest BCUT2D eigenvalue weighted by Crippen LogP contribution is 2.47. The van der Waals surface area contributed by atoms with Crippen LogP contribution in [0.2, 0.25) is 0 Å². The van der Waals surface area contributed by atoms with E-state index in [0.717, 1.165) is 6.07 Å². The standard InChI is InChI=1S/C16H16F3IN2O2/c1-3-6-24-10-7-9(16(17,18)19)14-13(12(10)20)21-8-22(14)11-4-5-15(11,2)23/h3,7-8,11,23H,1,4-6H2,2H3. The van der Waals surface area contributed by atoms with Crippen LogP contribution in [0.3, 0.4) is 0 Å². The van der Waals surface area contributed by atoms with Crippen LogP contribution in [-0.2, 0) is 6.18 Å². The van der Waals surface area contributed by atoms with Crippen LogP contribution in [0.5, 0.6) is 5.75 Å². The summed E-state index contributed by atoms with van der Waals surface area (Å²) >= 11 is 1.93. The Morgan fingerprint density at radius 1 is 1.58 bits per heavy atom. The van der Waals surface area contributed by atoms with Gasteiger partial charge in [-0.3, -0.25) is 0 Å². The third-order valence-electron chi connectivity index (χ3n) is 4.39. The van der Waals surface area contributed by atoms with E-state index in [-0.39, 0.29) is 23.4 Å². The predicted molar refractivity (Wildman–Crippen MR) is 92.0 cm³/mol. The van der Waals surface area contributed by atoms with Gasteiger partial charge in [0.25, 0.3) is 0 Å². The second kappa shape index (κ2) is 5.91. The van der Waals surface area contributed by atoms with E-state index in [1.807, 2.05) is 22.6 Å². The van der Waals surface area contributed by atoms with E-state index >= 15 is 0 Å². The zero-order valence-electron chi connectivity index (χ0n) is 12.9. The lowest BCUT2D eigenvalue weighted by Crippen LogP contribution is -2.45. The maximum atomic E-state index is 13.6. The van der Waals surface area contributed by atoms with Gasteiger partial charge in [-0.05, 0) is 48.4 Å². The molecule has 0 aliphatic heterocycles. The number of halogens is 4. The molecule has 8 heteroatoms. The quantitative estimate of drug-likeness (QED) is 0.556. The van der Waals surface area contributed by atoms with E-state index < -0.39 is 23.4 Å². The van der Waals surface area contributed by atoms with Crippen molar-refractivity contribution in [2.24, 2.45) is 0 Å². The predicted octanol–water partition coefficient (Wildman–Crippen LogP) is 4.31. The molecule has 24 heavy (non-hydrogen) atoms. The molecule has 0 spiro atoms. The molecule has 2 unspecified atom stereocenters. The van der Waals surface area contributed by atoms with Crippen LogP contribution in [0.25, 0.3) is 11.0 Å². The lowest BCUT2D eigenvalue weighted by Gasteiger charge is -2.43. The van der Waals surface area contributed by atoms with Crippen molar-refractivity contribution >= 4 is 33.6 Å². The Kier molecular flexibility index (Phi) is 4.31. The Labute approximate surface area is 150 Å². The molecule has 0 saturated heterocycles. The largest absolute Gasteiger partial charge is 0.488 e. The molecule has 0 radical (unpaired) electrons. The van der Waals surface area contributed by atoms with Crippen LogP contribution < -0.4 is 4.74 Å². The van der Waals surface area contributed by atoms with Gasteiger partial charge in [0.05, 0.1) is 32.6 Å². The number of alkyl halides is 3. The Balaban J connectivity index is 2.24. The minimum atomic E-state index is -4.55. The maximum Gasteiger partial charge on any atom is 0.418 e. The third-order valence-corrected chi connectivity index (χ3v) is 5.43. The molecule has 1 aliphatic rings. The summed E-state index contributed by atoms with van der Waals surface area (Å²) in [7, 11) is 0. The SMILES string of the molecule is C=CCOc1cc(C(F)(F)F)c2c(ncn2C2CCC2(C)O)c1I. The van der Waals surface area contributed by atoms with Crippen LogP contribution in [0, 0.1) is 3.57 Å². The first-order valence-corrected chi connectivity index (χ1v) is 8.47. The first-order chi connectivity index (χ1) is 11.2. The zero-order valence-corrected chi connectivity index (χ0v) is 15.1. The molecular weight excluding hydrogens is 436 g/mol. The lowest BCUT2D eigenvalue weighted by atomic mass is 9.76. The molecule has 1 N–H and O–H groups in total. The number of rotatable bonds is 4. The van der Waals surface area contributed by atoms with Crippen LogP contribution in [-0.4, -0.2) is 26.9 Å². The van der Waals surface area contributed by atoms with Gasteiger partial charge in [-0.1, -0.05) is 12.7 Å². The van der Waals surface area contributed by atoms with Crippen molar-refractivity contribution in [1.29, 1.82) is 0 Å². The number of aromatic nitrogens is 2. The van der Waals surface area contributed by atoms with Crippen molar-refractivity contribution in [2.45, 2.75) is 37.6 Å². The van der Waals surface area contributed by atoms with Crippen molar-refractivity contribution in [1.82, 2.24) is 9.55 Å². The van der Waals surface area contributed by atoms with Crippen molar-refractivity contribution in [2.75, 3.05) is 6.61 Å². The van der Waals surface area contributed by atoms with Gasteiger partial charge in [-0.2, -0.15) is 13.2 Å². The van der Waals surface area contributed by atoms with E-state index in [4.69, 9.17) is 4.74 Å². The van der Waals surface area contributed by atoms with Crippen LogP contribution in [0.4, 0.5) is 13.2 Å². The van der Waals surface area contributed by atoms with E-state index in [9.17, 15) is 18.3 Å². The van der Waals surface area contributed by atoms with Crippen LogP contribution >= 0.6 is 22.6 Å². The first-order valence-electron chi connectivity index (χ1n) is 7.39. The van der Waals surface area contributed by atoms with Gasteiger partial charge in [0, 0.05) is 0 Å². The zero-order chi connectivity index (χ0) is 17.7. The minimum absolute atomic E-state index is 0.0113. The molecule has 1 heterocycles. The number of fused-ring (bicyclic) bond motifs is 1. The fourth-order valence-corrected chi connectivity index (χ4v) is 3.71. The topological polar surface area (TPSA) is 47.3 Å². The molecule has 130 valence electrons. The summed E-state index contributed by atoms with van der Waals surface area (Å²) in [5.74, 6) is 0.126. The fraction of sp³-hybridized carbons (Fsp3) is 0.438. The number of imidazole rings is 1. The van der Waals surface area contributed by atoms with Gasteiger partial charge in [0.15, 0.2) is 0 Å². The smallest absolute Gasteiger partial charge is 0.418 e. The Morgan fingerprint density at radius 3 is 2.79 bits per heavy atom. The Hall–Kier alpha value is -1.29. The van der Waals surface area contributed by atoms with Gasteiger partial charge in [0.1, 0.15) is 17.9 Å². The Bertz CT molecular complexity index is 799. The van der Waals surface area contributed by atoms with Crippen LogP contribution in [0.1, 0.15) is 31.4 Å². The highest BCUT2D eigenvalue weighted by Gasteiger charge is 2.44. The van der Waals surface area contributed by atoms with Crippen LogP contribution in [0.15, 0.2) is 25.0 Å². The van der Waals surface area contributed by atoms with Gasteiger partial charge < -0.3 is 14.4 Å². The molecule has 1 aliphatic carbocycles. The summed E-state index contributed by atoms with van der Waals surface area (Å²) in [6.07, 6.45) is -0.547. The molecular formula is C16H16F3IN2O2. The average molecular weight is 452 g/mol. The van der Waals surface area contributed by atoms with Gasteiger partial charge in [0.2, 0.25) is 0 Å². The number of hydrogen-bond donors (Lipinski definition) is 1. The van der Waals surface area contributed by atoms with Crippen molar-refractivity contribution in [3.8, 4) is 5.75 Å². The van der Waals surface area contributed by atoms with E-state index in [2.05, 4.69) is 11.6 Å². The summed E-state index contributed by atoms with van der Waals surface area (Å²) < 4.78 is 48.1. The van der Waals surface area contributed by atoms with E-state index in [1.165, 1.54) is 17.0 Å². The maximum absolute atomic E-state index is 13.6. The number of benzene rings is 1. The normalized spacial score (nSPS) is 24.0. The second-order valence-electron chi connectivity index (χ2n) is 6.09. The van der Waals surface area contributed by atoms with Crippen molar-refractivity contribution < 1.29 is 23.0 Å². The monoisotopic (exact) mass is 452 g/mol. The third kappa shape index (κ3) is 2.79. The molecule has 1 fully saturated rings. The first kappa shape index (κ1) is 17.5. The van der Waals surface area contributed by atoms with Gasteiger partial charge in [-0.15, -0.1) is 0 Å². The molecule has 0 bridgehead atoms. The highest BCUT2D eigenvalue weighted by molar-refractivity contribution is 14.1. The number of aliphatic hydroxyl groups is 1. The van der Waals surface area contributed by atoms with Crippen molar-refractivity contribution in [3.05, 3.63) is 34.2 Å². The van der Waals surface area contributed by atoms with Gasteiger partial charge >= 0.3 is 6.18 Å². The molecule has 2 atom stereocenters. The lowest BCUT2D eigenvalue weighted by molar-refractivity contribution is -0.137. The molecule has 1 aromatic carbocycles. The molecule has 4 nitrogen and oxygen atoms in total. The van der Waals surface area contributed by atoms with E-state index in [0.29, 0.717) is 16.4 Å².